The number of anilines is 1. The van der Waals surface area contributed by atoms with E-state index in [1.807, 2.05) is 30.3 Å². The number of aromatic nitrogens is 3. The number of rotatable bonds is 6. The van der Waals surface area contributed by atoms with Gasteiger partial charge in [-0.3, -0.25) is 10.1 Å². The van der Waals surface area contributed by atoms with Gasteiger partial charge in [-0.1, -0.05) is 12.1 Å². The highest BCUT2D eigenvalue weighted by Gasteiger charge is 2.12. The van der Waals surface area contributed by atoms with E-state index in [4.69, 9.17) is 0 Å². The monoisotopic (exact) mass is 355 g/mol. The molecule has 25 heavy (non-hydrogen) atoms. The van der Waals surface area contributed by atoms with Gasteiger partial charge in [-0.25, -0.2) is 15.0 Å². The first-order valence-corrected chi connectivity index (χ1v) is 8.61. The van der Waals surface area contributed by atoms with E-state index in [0.29, 0.717) is 11.4 Å². The first kappa shape index (κ1) is 17.0. The van der Waals surface area contributed by atoms with Crippen molar-refractivity contribution in [2.75, 3.05) is 18.5 Å². The molecular weight excluding hydrogens is 338 g/mol. The molecule has 0 saturated carbocycles. The lowest BCUT2D eigenvalue weighted by Crippen LogP contribution is -2.22. The van der Waals surface area contributed by atoms with Crippen molar-refractivity contribution in [1.82, 2.24) is 15.0 Å². The second-order valence-corrected chi connectivity index (χ2v) is 6.58. The zero-order chi connectivity index (χ0) is 17.8. The molecular formula is C17H17N5O2S. The highest BCUT2D eigenvalue weighted by atomic mass is 32.1. The molecule has 0 amide bonds. The molecule has 0 fully saturated rings. The van der Waals surface area contributed by atoms with Crippen LogP contribution in [0.15, 0.2) is 41.9 Å². The maximum absolute atomic E-state index is 11.0. The van der Waals surface area contributed by atoms with Gasteiger partial charge in [0.1, 0.15) is 5.82 Å². The van der Waals surface area contributed by atoms with Crippen LogP contribution in [0.5, 0.6) is 0 Å². The van der Waals surface area contributed by atoms with Crippen molar-refractivity contribution >= 4 is 22.8 Å². The Morgan fingerprint density at radius 2 is 2.12 bits per heavy atom. The number of nitro groups is 1. The summed E-state index contributed by atoms with van der Waals surface area (Å²) in [5.74, 6) is 1.27. The van der Waals surface area contributed by atoms with E-state index < -0.39 is 4.92 Å². The standard InChI is InChI=1S/C17H17N5O2S/c1-12-10-15(21(2)8-6-16-18-7-9-25-16)20-17(19-12)13-4-3-5-14(11-13)22(23)24/h3-5,7,9-11H,6,8H2,1-2H3. The second kappa shape index (κ2) is 7.35. The minimum atomic E-state index is -0.416. The molecule has 0 N–H and O–H groups in total. The van der Waals surface area contributed by atoms with Crippen molar-refractivity contribution in [3.63, 3.8) is 0 Å². The number of likely N-dealkylation sites (N-methyl/N-ethyl adjacent to an activating group) is 1. The second-order valence-electron chi connectivity index (χ2n) is 5.60. The molecule has 2 heterocycles. The largest absolute Gasteiger partial charge is 0.359 e. The first-order valence-electron chi connectivity index (χ1n) is 7.73. The quantitative estimate of drug-likeness (QED) is 0.497. The van der Waals surface area contributed by atoms with Gasteiger partial charge in [0, 0.05) is 61.0 Å². The fourth-order valence-corrected chi connectivity index (χ4v) is 3.00. The molecule has 8 heteroatoms. The Morgan fingerprint density at radius 1 is 1.28 bits per heavy atom. The van der Waals surface area contributed by atoms with Gasteiger partial charge < -0.3 is 4.90 Å². The lowest BCUT2D eigenvalue weighted by molar-refractivity contribution is -0.384. The Balaban J connectivity index is 1.84. The highest BCUT2D eigenvalue weighted by molar-refractivity contribution is 7.09. The zero-order valence-corrected chi connectivity index (χ0v) is 14.7. The summed E-state index contributed by atoms with van der Waals surface area (Å²) in [6.45, 7) is 2.67. The van der Waals surface area contributed by atoms with E-state index in [-0.39, 0.29) is 5.69 Å². The lowest BCUT2D eigenvalue weighted by Gasteiger charge is -2.18. The molecule has 128 valence electrons. The first-order chi connectivity index (χ1) is 12.0. The van der Waals surface area contributed by atoms with Gasteiger partial charge in [-0.05, 0) is 6.92 Å². The van der Waals surface area contributed by atoms with Crippen LogP contribution in [0, 0.1) is 17.0 Å². The van der Waals surface area contributed by atoms with Crippen molar-refractivity contribution in [2.45, 2.75) is 13.3 Å². The molecule has 1 aromatic carbocycles. The number of hydrogen-bond donors (Lipinski definition) is 0. The minimum absolute atomic E-state index is 0.0290. The fraction of sp³-hybridized carbons (Fsp3) is 0.235. The third-order valence-electron chi connectivity index (χ3n) is 3.69. The summed E-state index contributed by atoms with van der Waals surface area (Å²) in [7, 11) is 1.96. The van der Waals surface area contributed by atoms with E-state index >= 15 is 0 Å². The molecule has 3 aromatic rings. The predicted molar refractivity (Wildman–Crippen MR) is 97.9 cm³/mol. The van der Waals surface area contributed by atoms with Crippen LogP contribution in [-0.2, 0) is 6.42 Å². The Labute approximate surface area is 149 Å². The summed E-state index contributed by atoms with van der Waals surface area (Å²) in [4.78, 5) is 25.9. The fourth-order valence-electron chi connectivity index (χ4n) is 2.39. The molecule has 0 aliphatic heterocycles. The van der Waals surface area contributed by atoms with Crippen molar-refractivity contribution in [3.8, 4) is 11.4 Å². The van der Waals surface area contributed by atoms with Crippen molar-refractivity contribution < 1.29 is 4.92 Å². The van der Waals surface area contributed by atoms with Gasteiger partial charge in [-0.15, -0.1) is 11.3 Å². The summed E-state index contributed by atoms with van der Waals surface area (Å²) in [6, 6.07) is 8.28. The van der Waals surface area contributed by atoms with E-state index in [1.165, 1.54) is 12.1 Å². The van der Waals surface area contributed by atoms with Crippen LogP contribution >= 0.6 is 11.3 Å². The van der Waals surface area contributed by atoms with Crippen LogP contribution in [0.4, 0.5) is 11.5 Å². The average molecular weight is 355 g/mol. The van der Waals surface area contributed by atoms with Crippen LogP contribution < -0.4 is 4.90 Å². The molecule has 2 aromatic heterocycles. The minimum Gasteiger partial charge on any atom is -0.359 e. The van der Waals surface area contributed by atoms with E-state index in [2.05, 4.69) is 15.0 Å². The summed E-state index contributed by atoms with van der Waals surface area (Å²) in [5, 5.41) is 14.0. The smallest absolute Gasteiger partial charge is 0.270 e. The number of nitro benzene ring substituents is 1. The molecule has 0 aliphatic carbocycles. The van der Waals surface area contributed by atoms with E-state index in [0.717, 1.165) is 29.5 Å². The summed E-state index contributed by atoms with van der Waals surface area (Å²) >= 11 is 1.63. The van der Waals surface area contributed by atoms with E-state index in [9.17, 15) is 10.1 Å². The van der Waals surface area contributed by atoms with Gasteiger partial charge in [0.05, 0.1) is 9.93 Å². The summed E-state index contributed by atoms with van der Waals surface area (Å²) in [5.41, 5.74) is 1.47. The van der Waals surface area contributed by atoms with Gasteiger partial charge in [0.25, 0.3) is 5.69 Å². The topological polar surface area (TPSA) is 85.0 Å². The van der Waals surface area contributed by atoms with Crippen LogP contribution in [0.1, 0.15) is 10.7 Å². The Kier molecular flexibility index (Phi) is 4.99. The normalized spacial score (nSPS) is 10.6. The van der Waals surface area contributed by atoms with Gasteiger partial charge >= 0.3 is 0 Å². The highest BCUT2D eigenvalue weighted by Crippen LogP contribution is 2.23. The average Bonchev–Trinajstić information content (AvgIpc) is 3.12. The third kappa shape index (κ3) is 4.16. The number of non-ortho nitro benzene ring substituents is 1. The molecule has 0 radical (unpaired) electrons. The van der Waals surface area contributed by atoms with Crippen molar-refractivity contribution in [1.29, 1.82) is 0 Å². The van der Waals surface area contributed by atoms with Crippen LogP contribution in [0.3, 0.4) is 0 Å². The lowest BCUT2D eigenvalue weighted by atomic mass is 10.2. The molecule has 0 bridgehead atoms. The van der Waals surface area contributed by atoms with Gasteiger partial charge in [0.15, 0.2) is 5.82 Å². The number of benzene rings is 1. The van der Waals surface area contributed by atoms with Gasteiger partial charge in [0.2, 0.25) is 0 Å². The summed E-state index contributed by atoms with van der Waals surface area (Å²) in [6.07, 6.45) is 2.64. The molecule has 0 spiro atoms. The van der Waals surface area contributed by atoms with Gasteiger partial charge in [-0.2, -0.15) is 0 Å². The molecule has 0 saturated heterocycles. The Hall–Kier alpha value is -2.87. The zero-order valence-electron chi connectivity index (χ0n) is 13.9. The molecule has 3 rings (SSSR count). The van der Waals surface area contributed by atoms with E-state index in [1.54, 1.807) is 29.7 Å². The Morgan fingerprint density at radius 3 is 2.84 bits per heavy atom. The van der Waals surface area contributed by atoms with Crippen LogP contribution in [-0.4, -0.2) is 33.5 Å². The molecule has 7 nitrogen and oxygen atoms in total. The van der Waals surface area contributed by atoms with Crippen molar-refractivity contribution in [2.24, 2.45) is 0 Å². The molecule has 0 atom stereocenters. The van der Waals surface area contributed by atoms with Crippen LogP contribution in [0.2, 0.25) is 0 Å². The number of hydrogen-bond acceptors (Lipinski definition) is 7. The predicted octanol–water partition coefficient (Wildman–Crippen LogP) is 3.50. The van der Waals surface area contributed by atoms with Crippen molar-refractivity contribution in [3.05, 3.63) is 62.7 Å². The van der Waals surface area contributed by atoms with Crippen LogP contribution in [0.25, 0.3) is 11.4 Å². The SMILES string of the molecule is Cc1cc(N(C)CCc2nccs2)nc(-c2cccc([N+](=O)[O-])c2)n1. The maximum atomic E-state index is 11.0. The Bertz CT molecular complexity index is 883. The number of thiazole rings is 1. The molecule has 0 aliphatic rings. The number of nitrogens with zero attached hydrogens (tertiary/aromatic N) is 5. The summed E-state index contributed by atoms with van der Waals surface area (Å²) < 4.78 is 0. The maximum Gasteiger partial charge on any atom is 0.270 e. The number of aryl methyl sites for hydroxylation is 1. The third-order valence-corrected chi connectivity index (χ3v) is 4.53. The molecule has 0 unspecified atom stereocenters.